The van der Waals surface area contributed by atoms with Crippen LogP contribution in [0.5, 0.6) is 0 Å². The Hall–Kier alpha value is -1.27. The quantitative estimate of drug-likeness (QED) is 0.712. The Morgan fingerprint density at radius 1 is 1.21 bits per heavy atom. The molecule has 1 aliphatic rings. The fourth-order valence-electron chi connectivity index (χ4n) is 3.41. The number of hydrogen-bond donors (Lipinski definition) is 0. The number of hydrogen-bond acceptors (Lipinski definition) is 4. The summed E-state index contributed by atoms with van der Waals surface area (Å²) in [5.41, 5.74) is 0.439. The molecule has 7 heteroatoms. The van der Waals surface area contributed by atoms with Crippen molar-refractivity contribution >= 4 is 25.8 Å². The number of carbonyl (C=O) groups excluding carboxylic acids is 1. The summed E-state index contributed by atoms with van der Waals surface area (Å²) in [6, 6.07) is 9.44. The zero-order valence-electron chi connectivity index (χ0n) is 13.9. The van der Waals surface area contributed by atoms with Crippen LogP contribution in [-0.4, -0.2) is 38.8 Å². The van der Waals surface area contributed by atoms with Crippen LogP contribution in [0, 0.1) is 5.41 Å². The fraction of sp³-hybridized carbons (Fsp3) is 0.588. The van der Waals surface area contributed by atoms with Gasteiger partial charge >= 0.3 is 6.09 Å². The molecule has 1 fully saturated rings. The van der Waals surface area contributed by atoms with Gasteiger partial charge in [0.25, 0.3) is 0 Å². The van der Waals surface area contributed by atoms with E-state index in [9.17, 15) is 13.2 Å². The number of ether oxygens (including phenoxy) is 1. The van der Waals surface area contributed by atoms with Crippen molar-refractivity contribution in [3.8, 4) is 0 Å². The number of halogens is 1. The molecule has 0 spiro atoms. The summed E-state index contributed by atoms with van der Waals surface area (Å²) in [4.78, 5) is 13.7. The van der Waals surface area contributed by atoms with E-state index in [4.69, 9.17) is 15.4 Å². The molecule has 0 unspecified atom stereocenters. The Balaban J connectivity index is 1.96. The first-order valence-corrected chi connectivity index (χ1v) is 10.6. The topological polar surface area (TPSA) is 63.7 Å². The average molecular weight is 374 g/mol. The first-order valence-electron chi connectivity index (χ1n) is 8.14. The molecule has 0 saturated heterocycles. The van der Waals surface area contributed by atoms with Gasteiger partial charge in [0.2, 0.25) is 9.05 Å². The third-order valence-electron chi connectivity index (χ3n) is 4.48. The summed E-state index contributed by atoms with van der Waals surface area (Å²) in [6.07, 6.45) is 4.07. The maximum atomic E-state index is 12.2. The third-order valence-corrected chi connectivity index (χ3v) is 5.77. The largest absolute Gasteiger partial charge is 0.445 e. The minimum Gasteiger partial charge on any atom is -0.445 e. The van der Waals surface area contributed by atoms with E-state index in [1.807, 2.05) is 30.3 Å². The molecule has 1 saturated carbocycles. The third kappa shape index (κ3) is 5.98. The van der Waals surface area contributed by atoms with Gasteiger partial charge in [-0.15, -0.1) is 0 Å². The van der Waals surface area contributed by atoms with Gasteiger partial charge in [0.1, 0.15) is 6.61 Å². The summed E-state index contributed by atoms with van der Waals surface area (Å²) in [7, 11) is 3.53. The van der Waals surface area contributed by atoms with E-state index in [1.54, 1.807) is 7.05 Å². The van der Waals surface area contributed by atoms with E-state index in [-0.39, 0.29) is 12.4 Å². The Morgan fingerprint density at radius 3 is 2.42 bits per heavy atom. The van der Waals surface area contributed by atoms with Crippen molar-refractivity contribution in [1.29, 1.82) is 0 Å². The molecular formula is C17H24ClNO4S. The van der Waals surface area contributed by atoms with Crippen LogP contribution in [0.2, 0.25) is 0 Å². The van der Waals surface area contributed by atoms with Crippen LogP contribution < -0.4 is 0 Å². The molecule has 134 valence electrons. The van der Waals surface area contributed by atoms with Crippen molar-refractivity contribution in [2.75, 3.05) is 19.3 Å². The normalized spacial score (nSPS) is 17.2. The number of nitrogens with zero attached hydrogens (tertiary/aromatic N) is 1. The number of carbonyl (C=O) groups is 1. The minimum atomic E-state index is -3.62. The van der Waals surface area contributed by atoms with Gasteiger partial charge in [0, 0.05) is 29.7 Å². The first kappa shape index (κ1) is 19.1. The van der Waals surface area contributed by atoms with E-state index in [2.05, 4.69) is 0 Å². The number of benzene rings is 1. The molecule has 2 rings (SSSR count). The van der Waals surface area contributed by atoms with E-state index < -0.39 is 20.6 Å². The second-order valence-corrected chi connectivity index (χ2v) is 9.42. The van der Waals surface area contributed by atoms with Gasteiger partial charge in [-0.1, -0.05) is 49.6 Å². The Kier molecular flexibility index (Phi) is 6.52. The lowest BCUT2D eigenvalue weighted by Gasteiger charge is -2.38. The van der Waals surface area contributed by atoms with E-state index in [0.717, 1.165) is 37.7 Å². The van der Waals surface area contributed by atoms with Crippen molar-refractivity contribution in [2.24, 2.45) is 5.41 Å². The van der Waals surface area contributed by atoms with E-state index in [0.29, 0.717) is 6.54 Å². The lowest BCUT2D eigenvalue weighted by atomic mass is 9.75. The summed E-state index contributed by atoms with van der Waals surface area (Å²) in [6.45, 7) is 0.539. The van der Waals surface area contributed by atoms with Gasteiger partial charge in [-0.25, -0.2) is 13.2 Å². The van der Waals surface area contributed by atoms with Crippen LogP contribution in [0.25, 0.3) is 0 Å². The fourth-order valence-corrected chi connectivity index (χ4v) is 5.22. The van der Waals surface area contributed by atoms with Crippen molar-refractivity contribution in [3.05, 3.63) is 35.9 Å². The average Bonchev–Trinajstić information content (AvgIpc) is 2.52. The lowest BCUT2D eigenvalue weighted by molar-refractivity contribution is 0.0802. The molecule has 1 aromatic rings. The van der Waals surface area contributed by atoms with Gasteiger partial charge in [-0.05, 0) is 18.4 Å². The van der Waals surface area contributed by atoms with Crippen LogP contribution in [0.15, 0.2) is 30.3 Å². The van der Waals surface area contributed by atoms with Crippen molar-refractivity contribution < 1.29 is 17.9 Å². The van der Waals surface area contributed by atoms with Crippen molar-refractivity contribution in [3.63, 3.8) is 0 Å². The predicted molar refractivity (Wildman–Crippen MR) is 94.4 cm³/mol. The molecule has 1 amide bonds. The van der Waals surface area contributed by atoms with E-state index >= 15 is 0 Å². The zero-order valence-corrected chi connectivity index (χ0v) is 15.5. The molecule has 0 bridgehead atoms. The highest BCUT2D eigenvalue weighted by molar-refractivity contribution is 8.13. The highest BCUT2D eigenvalue weighted by atomic mass is 35.7. The SMILES string of the molecule is CN(CC1(CS(=O)(=O)Cl)CCCCC1)C(=O)OCc1ccccc1. The Morgan fingerprint density at radius 2 is 1.83 bits per heavy atom. The zero-order chi connectivity index (χ0) is 17.6. The molecule has 0 aromatic heterocycles. The molecule has 0 N–H and O–H groups in total. The summed E-state index contributed by atoms with van der Waals surface area (Å²) in [5, 5.41) is 0. The predicted octanol–water partition coefficient (Wildman–Crippen LogP) is 3.77. The first-order chi connectivity index (χ1) is 11.3. The molecular weight excluding hydrogens is 350 g/mol. The van der Waals surface area contributed by atoms with Crippen molar-refractivity contribution in [2.45, 2.75) is 38.7 Å². The van der Waals surface area contributed by atoms with Gasteiger partial charge < -0.3 is 9.64 Å². The molecule has 0 radical (unpaired) electrons. The molecule has 1 aromatic carbocycles. The maximum absolute atomic E-state index is 12.2. The van der Waals surface area contributed by atoms with Crippen LogP contribution in [-0.2, 0) is 20.4 Å². The Bertz CT molecular complexity index is 642. The molecule has 0 aliphatic heterocycles. The molecule has 0 heterocycles. The van der Waals surface area contributed by atoms with Crippen LogP contribution in [0.3, 0.4) is 0 Å². The monoisotopic (exact) mass is 373 g/mol. The number of rotatable bonds is 6. The van der Waals surface area contributed by atoms with Gasteiger partial charge in [-0.2, -0.15) is 0 Å². The van der Waals surface area contributed by atoms with Crippen LogP contribution >= 0.6 is 10.7 Å². The summed E-state index contributed by atoms with van der Waals surface area (Å²) >= 11 is 0. The second kappa shape index (κ2) is 8.21. The van der Waals surface area contributed by atoms with Crippen molar-refractivity contribution in [1.82, 2.24) is 4.90 Å². The smallest absolute Gasteiger partial charge is 0.409 e. The van der Waals surface area contributed by atoms with Gasteiger partial charge in [0.05, 0.1) is 5.75 Å². The summed E-state index contributed by atoms with van der Waals surface area (Å²) in [5.74, 6) is -0.0993. The summed E-state index contributed by atoms with van der Waals surface area (Å²) < 4.78 is 28.5. The van der Waals surface area contributed by atoms with Crippen LogP contribution in [0.1, 0.15) is 37.7 Å². The Labute approximate surface area is 148 Å². The molecule has 0 atom stereocenters. The number of amides is 1. The maximum Gasteiger partial charge on any atom is 0.409 e. The minimum absolute atomic E-state index is 0.0993. The van der Waals surface area contributed by atoms with E-state index in [1.165, 1.54) is 4.90 Å². The highest BCUT2D eigenvalue weighted by Gasteiger charge is 2.38. The standard InChI is InChI=1S/C17H24ClNO4S/c1-19(16(20)23-12-15-8-4-2-5-9-15)13-17(14-24(18,21)22)10-6-3-7-11-17/h2,4-5,8-9H,3,6-7,10-14H2,1H3. The molecule has 5 nitrogen and oxygen atoms in total. The van der Waals surface area contributed by atoms with Crippen LogP contribution in [0.4, 0.5) is 4.79 Å². The molecule has 24 heavy (non-hydrogen) atoms. The second-order valence-electron chi connectivity index (χ2n) is 6.64. The van der Waals surface area contributed by atoms with Gasteiger partial charge in [-0.3, -0.25) is 0 Å². The highest BCUT2D eigenvalue weighted by Crippen LogP contribution is 2.39. The molecule has 1 aliphatic carbocycles. The lowest BCUT2D eigenvalue weighted by Crippen LogP contribution is -2.43. The van der Waals surface area contributed by atoms with Gasteiger partial charge in [0.15, 0.2) is 0 Å².